The van der Waals surface area contributed by atoms with E-state index < -0.39 is 12.1 Å². The number of carboxylic acid groups (broad SMARTS) is 1. The predicted octanol–water partition coefficient (Wildman–Crippen LogP) is 3.84. The van der Waals surface area contributed by atoms with Crippen molar-refractivity contribution in [3.05, 3.63) is 71.8 Å². The minimum atomic E-state index is -0.936. The van der Waals surface area contributed by atoms with Crippen LogP contribution in [0.15, 0.2) is 66.2 Å². The predicted molar refractivity (Wildman–Crippen MR) is 84.6 cm³/mol. The second-order valence-corrected chi connectivity index (χ2v) is 4.81. The van der Waals surface area contributed by atoms with Crippen LogP contribution in [-0.2, 0) is 11.2 Å². The molecule has 2 rings (SSSR count). The van der Waals surface area contributed by atoms with Gasteiger partial charge in [-0.3, -0.25) is 0 Å². The van der Waals surface area contributed by atoms with Crippen LogP contribution in [0.3, 0.4) is 0 Å². The fraction of sp³-hybridized carbons (Fsp3) is 0.111. The molecular weight excluding hydrogens is 296 g/mol. The Hall–Kier alpha value is -3.08. The number of allylic oxidation sites excluding steroid dienone is 1. The zero-order valence-corrected chi connectivity index (χ0v) is 12.6. The quantitative estimate of drug-likeness (QED) is 0.516. The molecule has 2 aromatic carbocycles. The molecule has 0 saturated carbocycles. The van der Waals surface area contributed by atoms with Gasteiger partial charge in [-0.15, -0.1) is 0 Å². The van der Waals surface area contributed by atoms with Gasteiger partial charge < -0.3 is 14.6 Å². The van der Waals surface area contributed by atoms with E-state index in [1.54, 1.807) is 61.5 Å². The van der Waals surface area contributed by atoms with Gasteiger partial charge in [-0.05, 0) is 43.2 Å². The Bertz CT molecular complexity index is 702. The Balaban J connectivity index is 1.91. The smallest absolute Gasteiger partial charge is 0.478 e. The van der Waals surface area contributed by atoms with Crippen molar-refractivity contribution in [1.29, 1.82) is 0 Å². The molecule has 0 aliphatic heterocycles. The van der Waals surface area contributed by atoms with Crippen LogP contribution in [0, 0.1) is 0 Å². The molecular formula is C18H16O5. The lowest BCUT2D eigenvalue weighted by atomic mass is 10.1. The van der Waals surface area contributed by atoms with Gasteiger partial charge in [0.15, 0.2) is 0 Å². The van der Waals surface area contributed by atoms with E-state index in [4.69, 9.17) is 14.6 Å². The van der Waals surface area contributed by atoms with E-state index in [1.165, 1.54) is 0 Å². The molecule has 0 aliphatic carbocycles. The number of carbonyl (C=O) groups excluding carboxylic acids is 1. The van der Waals surface area contributed by atoms with Crippen LogP contribution < -0.4 is 9.47 Å². The average molecular weight is 312 g/mol. The summed E-state index contributed by atoms with van der Waals surface area (Å²) in [5.41, 5.74) is 1.20. The van der Waals surface area contributed by atoms with Crippen LogP contribution in [0.25, 0.3) is 0 Å². The number of hydrogen-bond donors (Lipinski definition) is 1. The molecule has 0 atom stereocenters. The van der Waals surface area contributed by atoms with Gasteiger partial charge in [0.1, 0.15) is 11.5 Å². The molecule has 0 spiro atoms. The van der Waals surface area contributed by atoms with Gasteiger partial charge in [0.2, 0.25) is 0 Å². The fourth-order valence-corrected chi connectivity index (χ4v) is 1.75. The Morgan fingerprint density at radius 3 is 2.09 bits per heavy atom. The molecule has 118 valence electrons. The van der Waals surface area contributed by atoms with E-state index in [1.807, 2.05) is 6.07 Å². The van der Waals surface area contributed by atoms with Gasteiger partial charge >= 0.3 is 12.1 Å². The monoisotopic (exact) mass is 312 g/mol. The molecule has 0 aliphatic rings. The number of benzene rings is 2. The average Bonchev–Trinajstić information content (AvgIpc) is 2.54. The van der Waals surface area contributed by atoms with E-state index in [9.17, 15) is 9.59 Å². The van der Waals surface area contributed by atoms with Crippen LogP contribution >= 0.6 is 0 Å². The standard InChI is InChI=1S/C18H16O5/c1-13(17(19)20)7-8-14-9-11-16(12-10-14)23-18(21)22-15-5-3-2-4-6-15/h2-7,9-12H,8H2,1H3,(H,19,20). The third-order valence-corrected chi connectivity index (χ3v) is 3.05. The molecule has 1 N–H and O–H groups in total. The molecule has 23 heavy (non-hydrogen) atoms. The van der Waals surface area contributed by atoms with Crippen LogP contribution in [0.2, 0.25) is 0 Å². The highest BCUT2D eigenvalue weighted by atomic mass is 16.7. The van der Waals surface area contributed by atoms with Gasteiger partial charge in [0, 0.05) is 5.57 Å². The van der Waals surface area contributed by atoms with Crippen LogP contribution in [-0.4, -0.2) is 17.2 Å². The summed E-state index contributed by atoms with van der Waals surface area (Å²) in [6.45, 7) is 1.54. The first-order valence-corrected chi connectivity index (χ1v) is 6.98. The van der Waals surface area contributed by atoms with Crippen molar-refractivity contribution in [2.75, 3.05) is 0 Å². The molecule has 0 amide bonds. The molecule has 5 heteroatoms. The topological polar surface area (TPSA) is 72.8 Å². The van der Waals surface area contributed by atoms with Crippen LogP contribution in [0.1, 0.15) is 12.5 Å². The fourth-order valence-electron chi connectivity index (χ4n) is 1.75. The van der Waals surface area contributed by atoms with Crippen molar-refractivity contribution in [1.82, 2.24) is 0 Å². The maximum Gasteiger partial charge on any atom is 0.519 e. The molecule has 0 radical (unpaired) electrons. The Kier molecular flexibility index (Phi) is 5.52. The van der Waals surface area contributed by atoms with Gasteiger partial charge in [-0.1, -0.05) is 36.4 Å². The summed E-state index contributed by atoms with van der Waals surface area (Å²) in [4.78, 5) is 22.3. The molecule has 5 nitrogen and oxygen atoms in total. The summed E-state index contributed by atoms with van der Waals surface area (Å²) in [6.07, 6.45) is 1.31. The van der Waals surface area contributed by atoms with Crippen molar-refractivity contribution in [2.45, 2.75) is 13.3 Å². The van der Waals surface area contributed by atoms with Crippen LogP contribution in [0.5, 0.6) is 11.5 Å². The number of carbonyl (C=O) groups is 2. The van der Waals surface area contributed by atoms with Gasteiger partial charge in [-0.25, -0.2) is 9.59 Å². The van der Waals surface area contributed by atoms with Crippen molar-refractivity contribution in [3.8, 4) is 11.5 Å². The molecule has 2 aromatic rings. The summed E-state index contributed by atoms with van der Waals surface area (Å²) in [5.74, 6) is -0.175. The number of ether oxygens (including phenoxy) is 2. The SMILES string of the molecule is CC(=CCc1ccc(OC(=O)Oc2ccccc2)cc1)C(=O)O. The van der Waals surface area contributed by atoms with E-state index >= 15 is 0 Å². The van der Waals surface area contributed by atoms with E-state index in [2.05, 4.69) is 0 Å². The molecule has 0 saturated heterocycles. The highest BCUT2D eigenvalue weighted by Crippen LogP contribution is 2.15. The van der Waals surface area contributed by atoms with E-state index in [0.717, 1.165) is 5.56 Å². The maximum absolute atomic E-state index is 11.6. The second kappa shape index (κ2) is 7.79. The zero-order valence-electron chi connectivity index (χ0n) is 12.6. The van der Waals surface area contributed by atoms with Gasteiger partial charge in [0.05, 0.1) is 0 Å². The van der Waals surface area contributed by atoms with Gasteiger partial charge in [-0.2, -0.15) is 0 Å². The second-order valence-electron chi connectivity index (χ2n) is 4.81. The van der Waals surface area contributed by atoms with Crippen molar-refractivity contribution in [3.63, 3.8) is 0 Å². The van der Waals surface area contributed by atoms with Crippen molar-refractivity contribution < 1.29 is 24.2 Å². The molecule has 0 heterocycles. The maximum atomic E-state index is 11.6. The Morgan fingerprint density at radius 2 is 1.52 bits per heavy atom. The highest BCUT2D eigenvalue weighted by Gasteiger charge is 2.07. The number of carboxylic acids is 1. The number of aliphatic carboxylic acids is 1. The summed E-state index contributed by atoms with van der Waals surface area (Å²) in [5, 5.41) is 8.78. The normalized spacial score (nSPS) is 10.9. The highest BCUT2D eigenvalue weighted by molar-refractivity contribution is 5.85. The van der Waals surface area contributed by atoms with Gasteiger partial charge in [0.25, 0.3) is 0 Å². The summed E-state index contributed by atoms with van der Waals surface area (Å²) >= 11 is 0. The van der Waals surface area contributed by atoms with Crippen molar-refractivity contribution >= 4 is 12.1 Å². The molecule has 0 fully saturated rings. The third kappa shape index (κ3) is 5.32. The minimum absolute atomic E-state index is 0.289. The Labute approximate surface area is 133 Å². The first-order chi connectivity index (χ1) is 11.0. The zero-order chi connectivity index (χ0) is 16.7. The van der Waals surface area contributed by atoms with E-state index in [0.29, 0.717) is 17.9 Å². The Morgan fingerprint density at radius 1 is 0.957 bits per heavy atom. The lowest BCUT2D eigenvalue weighted by Gasteiger charge is -2.06. The summed E-state index contributed by atoms with van der Waals surface area (Å²) in [7, 11) is 0. The van der Waals surface area contributed by atoms with Crippen LogP contribution in [0.4, 0.5) is 4.79 Å². The van der Waals surface area contributed by atoms with Crippen molar-refractivity contribution in [2.24, 2.45) is 0 Å². The summed E-state index contributed by atoms with van der Waals surface area (Å²) in [6, 6.07) is 15.4. The molecule has 0 unspecified atom stereocenters. The lowest BCUT2D eigenvalue weighted by Crippen LogP contribution is -2.13. The first kappa shape index (κ1) is 16.3. The lowest BCUT2D eigenvalue weighted by molar-refractivity contribution is -0.132. The first-order valence-electron chi connectivity index (χ1n) is 6.98. The third-order valence-electron chi connectivity index (χ3n) is 3.05. The summed E-state index contributed by atoms with van der Waals surface area (Å²) < 4.78 is 10.1. The number of hydrogen-bond acceptors (Lipinski definition) is 4. The molecule has 0 bridgehead atoms. The largest absolute Gasteiger partial charge is 0.519 e. The molecule has 0 aromatic heterocycles. The number of para-hydroxylation sites is 1. The van der Waals surface area contributed by atoms with E-state index in [-0.39, 0.29) is 5.57 Å². The number of rotatable bonds is 5. The minimum Gasteiger partial charge on any atom is -0.478 e.